The summed E-state index contributed by atoms with van der Waals surface area (Å²) in [5.74, 6) is -0.320. The van der Waals surface area contributed by atoms with Gasteiger partial charge in [-0.25, -0.2) is 5.43 Å². The molecule has 26 heavy (non-hydrogen) atoms. The number of hydrogen-bond donors (Lipinski definition) is 2. The maximum absolute atomic E-state index is 11.9. The molecule has 0 saturated carbocycles. The van der Waals surface area contributed by atoms with Crippen molar-refractivity contribution in [1.82, 2.24) is 10.7 Å². The number of nitro groups is 1. The van der Waals surface area contributed by atoms with Gasteiger partial charge in [0, 0.05) is 17.7 Å². The van der Waals surface area contributed by atoms with Gasteiger partial charge in [-0.05, 0) is 42.0 Å². The van der Waals surface area contributed by atoms with E-state index in [0.29, 0.717) is 5.75 Å². The molecule has 0 aromatic heterocycles. The van der Waals surface area contributed by atoms with Crippen LogP contribution in [-0.4, -0.2) is 36.6 Å². The average molecular weight is 356 g/mol. The van der Waals surface area contributed by atoms with Crippen LogP contribution < -0.4 is 15.5 Å². The third kappa shape index (κ3) is 5.41. The van der Waals surface area contributed by atoms with Crippen molar-refractivity contribution in [3.05, 3.63) is 69.8 Å². The summed E-state index contributed by atoms with van der Waals surface area (Å²) in [5.41, 5.74) is 3.15. The number of amides is 2. The molecule has 0 aliphatic heterocycles. The number of nitro benzene ring substituents is 1. The molecular formula is C17H16N4O5. The van der Waals surface area contributed by atoms with E-state index in [4.69, 9.17) is 4.74 Å². The van der Waals surface area contributed by atoms with Crippen LogP contribution >= 0.6 is 0 Å². The van der Waals surface area contributed by atoms with Gasteiger partial charge in [-0.2, -0.15) is 5.10 Å². The van der Waals surface area contributed by atoms with E-state index in [2.05, 4.69) is 15.8 Å². The zero-order valence-corrected chi connectivity index (χ0v) is 13.8. The molecule has 0 aliphatic rings. The van der Waals surface area contributed by atoms with Gasteiger partial charge in [-0.15, -0.1) is 0 Å². The van der Waals surface area contributed by atoms with Crippen LogP contribution in [0.4, 0.5) is 5.69 Å². The number of carbonyl (C=O) groups is 2. The average Bonchev–Trinajstić information content (AvgIpc) is 2.66. The Morgan fingerprint density at radius 2 is 1.81 bits per heavy atom. The second kappa shape index (κ2) is 8.92. The highest BCUT2D eigenvalue weighted by atomic mass is 16.6. The minimum Gasteiger partial charge on any atom is -0.497 e. The van der Waals surface area contributed by atoms with E-state index >= 15 is 0 Å². The number of hydrogen-bond acceptors (Lipinski definition) is 6. The summed E-state index contributed by atoms with van der Waals surface area (Å²) < 4.78 is 5.03. The standard InChI is InChI=1S/C17H16N4O5/c1-26-15-8-2-12(3-9-15)10-19-20-16(22)11-18-17(23)13-4-6-14(7-5-13)21(24)25/h2-10H,11H2,1H3,(H,18,23)(H,20,22)/b19-10+. The van der Waals surface area contributed by atoms with Crippen molar-refractivity contribution in [2.24, 2.45) is 5.10 Å². The highest BCUT2D eigenvalue weighted by Crippen LogP contribution is 2.11. The van der Waals surface area contributed by atoms with Gasteiger partial charge >= 0.3 is 0 Å². The monoisotopic (exact) mass is 356 g/mol. The first-order valence-electron chi connectivity index (χ1n) is 7.48. The summed E-state index contributed by atoms with van der Waals surface area (Å²) in [4.78, 5) is 33.5. The van der Waals surface area contributed by atoms with Crippen LogP contribution in [0.2, 0.25) is 0 Å². The van der Waals surface area contributed by atoms with Crippen molar-refractivity contribution in [2.45, 2.75) is 0 Å². The van der Waals surface area contributed by atoms with Gasteiger partial charge in [0.2, 0.25) is 0 Å². The van der Waals surface area contributed by atoms with Gasteiger partial charge in [-0.1, -0.05) is 0 Å². The molecule has 0 atom stereocenters. The lowest BCUT2D eigenvalue weighted by atomic mass is 10.2. The Bertz CT molecular complexity index is 816. The Hall–Kier alpha value is -3.75. The number of nitrogens with zero attached hydrogens (tertiary/aromatic N) is 2. The van der Waals surface area contributed by atoms with Crippen molar-refractivity contribution in [2.75, 3.05) is 13.7 Å². The Balaban J connectivity index is 1.79. The van der Waals surface area contributed by atoms with E-state index in [1.165, 1.54) is 30.5 Å². The lowest BCUT2D eigenvalue weighted by Gasteiger charge is -2.04. The number of hydrazone groups is 1. The topological polar surface area (TPSA) is 123 Å². The van der Waals surface area contributed by atoms with E-state index in [1.807, 2.05) is 0 Å². The predicted octanol–water partition coefficient (Wildman–Crippen LogP) is 1.48. The molecule has 9 nitrogen and oxygen atoms in total. The van der Waals surface area contributed by atoms with Crippen LogP contribution in [0.25, 0.3) is 0 Å². The van der Waals surface area contributed by atoms with Crippen molar-refractivity contribution in [3.63, 3.8) is 0 Å². The van der Waals surface area contributed by atoms with Gasteiger partial charge in [0.05, 0.1) is 24.8 Å². The van der Waals surface area contributed by atoms with Crippen molar-refractivity contribution < 1.29 is 19.2 Å². The fraction of sp³-hybridized carbons (Fsp3) is 0.118. The second-order valence-electron chi connectivity index (χ2n) is 5.05. The molecule has 0 aliphatic carbocycles. The molecule has 2 rings (SSSR count). The highest BCUT2D eigenvalue weighted by Gasteiger charge is 2.10. The SMILES string of the molecule is COc1ccc(/C=N/NC(=O)CNC(=O)c2ccc([N+](=O)[O-])cc2)cc1. The molecule has 2 amide bonds. The third-order valence-corrected chi connectivity index (χ3v) is 3.27. The minimum atomic E-state index is -0.560. The molecule has 0 fully saturated rings. The minimum absolute atomic E-state index is 0.118. The van der Waals surface area contributed by atoms with Crippen LogP contribution in [0, 0.1) is 10.1 Å². The van der Waals surface area contributed by atoms with Crippen LogP contribution in [-0.2, 0) is 4.79 Å². The van der Waals surface area contributed by atoms with Gasteiger partial charge < -0.3 is 10.1 Å². The first kappa shape index (κ1) is 18.6. The zero-order valence-electron chi connectivity index (χ0n) is 13.8. The Labute approximate surface area is 148 Å². The Kier molecular flexibility index (Phi) is 6.38. The molecule has 0 heterocycles. The number of carbonyl (C=O) groups excluding carboxylic acids is 2. The molecule has 134 valence electrons. The largest absolute Gasteiger partial charge is 0.497 e. The number of nitrogens with one attached hydrogen (secondary N) is 2. The van der Waals surface area contributed by atoms with Gasteiger partial charge in [0.25, 0.3) is 17.5 Å². The molecular weight excluding hydrogens is 340 g/mol. The number of rotatable bonds is 7. The summed E-state index contributed by atoms with van der Waals surface area (Å²) in [5, 5.41) is 16.8. The second-order valence-corrected chi connectivity index (χ2v) is 5.05. The molecule has 2 N–H and O–H groups in total. The molecule has 0 radical (unpaired) electrons. The van der Waals surface area contributed by atoms with Crippen molar-refractivity contribution >= 4 is 23.7 Å². The molecule has 9 heteroatoms. The summed E-state index contributed by atoms with van der Waals surface area (Å²) >= 11 is 0. The normalized spacial score (nSPS) is 10.3. The van der Waals surface area contributed by atoms with Crippen LogP contribution in [0.1, 0.15) is 15.9 Å². The quantitative estimate of drug-likeness (QED) is 0.442. The Morgan fingerprint density at radius 3 is 2.38 bits per heavy atom. The first-order valence-corrected chi connectivity index (χ1v) is 7.48. The Morgan fingerprint density at radius 1 is 1.15 bits per heavy atom. The van der Waals surface area contributed by atoms with Gasteiger partial charge in [0.15, 0.2) is 0 Å². The molecule has 0 unspecified atom stereocenters. The maximum Gasteiger partial charge on any atom is 0.269 e. The summed E-state index contributed by atoms with van der Waals surface area (Å²) in [6.07, 6.45) is 1.45. The zero-order chi connectivity index (χ0) is 18.9. The summed E-state index contributed by atoms with van der Waals surface area (Å²) in [6, 6.07) is 12.1. The van der Waals surface area contributed by atoms with E-state index in [-0.39, 0.29) is 17.8 Å². The van der Waals surface area contributed by atoms with Crippen LogP contribution in [0.5, 0.6) is 5.75 Å². The smallest absolute Gasteiger partial charge is 0.269 e. The first-order chi connectivity index (χ1) is 12.5. The van der Waals surface area contributed by atoms with E-state index in [9.17, 15) is 19.7 Å². The molecule has 0 bridgehead atoms. The van der Waals surface area contributed by atoms with Gasteiger partial charge in [0.1, 0.15) is 5.75 Å². The number of ether oxygens (including phenoxy) is 1. The predicted molar refractivity (Wildman–Crippen MR) is 94.2 cm³/mol. The van der Waals surface area contributed by atoms with E-state index in [1.54, 1.807) is 31.4 Å². The van der Waals surface area contributed by atoms with Crippen molar-refractivity contribution in [3.8, 4) is 5.75 Å². The van der Waals surface area contributed by atoms with E-state index in [0.717, 1.165) is 5.56 Å². The molecule has 0 saturated heterocycles. The fourth-order valence-corrected chi connectivity index (χ4v) is 1.91. The summed E-state index contributed by atoms with van der Waals surface area (Å²) in [7, 11) is 1.56. The molecule has 0 spiro atoms. The third-order valence-electron chi connectivity index (χ3n) is 3.27. The number of methoxy groups -OCH3 is 1. The van der Waals surface area contributed by atoms with Crippen molar-refractivity contribution in [1.29, 1.82) is 0 Å². The number of benzene rings is 2. The lowest BCUT2D eigenvalue weighted by Crippen LogP contribution is -2.34. The fourth-order valence-electron chi connectivity index (χ4n) is 1.91. The van der Waals surface area contributed by atoms with Gasteiger partial charge in [-0.3, -0.25) is 19.7 Å². The number of non-ortho nitro benzene ring substituents is 1. The van der Waals surface area contributed by atoms with E-state index < -0.39 is 16.7 Å². The van der Waals surface area contributed by atoms with Crippen LogP contribution in [0.3, 0.4) is 0 Å². The maximum atomic E-state index is 11.9. The lowest BCUT2D eigenvalue weighted by molar-refractivity contribution is -0.384. The van der Waals surface area contributed by atoms with Crippen LogP contribution in [0.15, 0.2) is 53.6 Å². The molecule has 2 aromatic carbocycles. The molecule has 2 aromatic rings. The highest BCUT2D eigenvalue weighted by molar-refractivity contribution is 5.96. The summed E-state index contributed by atoms with van der Waals surface area (Å²) in [6.45, 7) is -0.282.